The van der Waals surface area contributed by atoms with Crippen molar-refractivity contribution in [2.24, 2.45) is 5.92 Å². The highest BCUT2D eigenvalue weighted by molar-refractivity contribution is 7.85. The van der Waals surface area contributed by atoms with Gasteiger partial charge in [-0.3, -0.25) is 4.55 Å². The first-order chi connectivity index (χ1) is 10.8. The highest BCUT2D eigenvalue weighted by Gasteiger charge is 2.34. The second-order valence-corrected chi connectivity index (χ2v) is 7.92. The van der Waals surface area contributed by atoms with E-state index in [-0.39, 0.29) is 0 Å². The lowest BCUT2D eigenvalue weighted by molar-refractivity contribution is 0.241. The second-order valence-electron chi connectivity index (χ2n) is 6.45. The molecule has 3 atom stereocenters. The number of nitrogens with one attached hydrogen (secondary N) is 1. The molecular weight excluding hydrogens is 314 g/mol. The summed E-state index contributed by atoms with van der Waals surface area (Å²) in [5.74, 6) is 2.62. The van der Waals surface area contributed by atoms with Crippen LogP contribution in [0.1, 0.15) is 43.2 Å². The number of benzene rings is 1. The summed E-state index contributed by atoms with van der Waals surface area (Å²) in [7, 11) is -1.91. The maximum atomic E-state index is 9.19. The van der Waals surface area contributed by atoms with Crippen molar-refractivity contribution in [2.75, 3.05) is 19.9 Å². The quantitative estimate of drug-likeness (QED) is 0.809. The summed E-state index contributed by atoms with van der Waals surface area (Å²) in [5.41, 5.74) is 3.11. The molecule has 5 nitrogen and oxygen atoms in total. The van der Waals surface area contributed by atoms with Crippen LogP contribution < -0.4 is 10.1 Å². The van der Waals surface area contributed by atoms with Crippen molar-refractivity contribution in [1.82, 2.24) is 5.32 Å². The third-order valence-corrected chi connectivity index (χ3v) is 4.80. The van der Waals surface area contributed by atoms with Crippen molar-refractivity contribution in [3.05, 3.63) is 29.3 Å². The Morgan fingerprint density at radius 1 is 1.39 bits per heavy atom. The number of hydrogen-bond acceptors (Lipinski definition) is 4. The van der Waals surface area contributed by atoms with E-state index in [1.165, 1.54) is 37.8 Å². The SMILES string of the molecule is CCC1CC2c3ccc(OC)cc3CCC2CN1.CS(=O)(=O)O. The van der Waals surface area contributed by atoms with E-state index in [1.54, 1.807) is 12.7 Å². The fraction of sp³-hybridized carbons (Fsp3) is 0.647. The van der Waals surface area contributed by atoms with Crippen LogP contribution in [-0.4, -0.2) is 38.9 Å². The van der Waals surface area contributed by atoms with Gasteiger partial charge < -0.3 is 10.1 Å². The van der Waals surface area contributed by atoms with Crippen molar-refractivity contribution < 1.29 is 17.7 Å². The lowest BCUT2D eigenvalue weighted by Crippen LogP contribution is -2.44. The Morgan fingerprint density at radius 2 is 2.09 bits per heavy atom. The maximum Gasteiger partial charge on any atom is 0.261 e. The molecule has 1 aromatic carbocycles. The van der Waals surface area contributed by atoms with Gasteiger partial charge >= 0.3 is 0 Å². The molecule has 6 heteroatoms. The van der Waals surface area contributed by atoms with E-state index >= 15 is 0 Å². The predicted molar refractivity (Wildman–Crippen MR) is 91.7 cm³/mol. The van der Waals surface area contributed by atoms with E-state index in [0.29, 0.717) is 12.3 Å². The zero-order valence-electron chi connectivity index (χ0n) is 14.1. The molecule has 1 fully saturated rings. The molecule has 23 heavy (non-hydrogen) atoms. The van der Waals surface area contributed by atoms with Crippen LogP contribution in [0.2, 0.25) is 0 Å². The molecule has 3 rings (SSSR count). The Labute approximate surface area is 139 Å². The van der Waals surface area contributed by atoms with Gasteiger partial charge in [0, 0.05) is 6.04 Å². The normalized spacial score (nSPS) is 26.3. The fourth-order valence-corrected chi connectivity index (χ4v) is 3.67. The molecule has 0 bridgehead atoms. The molecule has 1 heterocycles. The first kappa shape index (κ1) is 18.2. The molecule has 0 radical (unpaired) electrons. The van der Waals surface area contributed by atoms with Crippen LogP contribution in [0.15, 0.2) is 18.2 Å². The van der Waals surface area contributed by atoms with Crippen LogP contribution in [0.4, 0.5) is 0 Å². The Bertz CT molecular complexity index is 621. The van der Waals surface area contributed by atoms with Gasteiger partial charge in [-0.1, -0.05) is 13.0 Å². The Hall–Kier alpha value is -1.11. The summed E-state index contributed by atoms with van der Waals surface area (Å²) in [6, 6.07) is 7.39. The van der Waals surface area contributed by atoms with Crippen molar-refractivity contribution in [3.8, 4) is 5.75 Å². The zero-order valence-corrected chi connectivity index (χ0v) is 14.9. The van der Waals surface area contributed by atoms with Crippen LogP contribution in [0.3, 0.4) is 0 Å². The number of aryl methyl sites for hydroxylation is 1. The standard InChI is InChI=1S/C16H23NO.CH4O3S/c1-3-13-9-16-12(10-17-13)5-4-11-8-14(18-2)6-7-15(11)16;1-5(2,3)4/h6-8,12-13,16-17H,3-5,9-10H2,1-2H3;1H3,(H,2,3,4). The summed E-state index contributed by atoms with van der Waals surface area (Å²) < 4.78 is 31.2. The maximum absolute atomic E-state index is 9.19. The van der Waals surface area contributed by atoms with Gasteiger partial charge in [-0.2, -0.15) is 8.42 Å². The molecular formula is C17H27NO4S. The van der Waals surface area contributed by atoms with E-state index in [4.69, 9.17) is 9.29 Å². The molecule has 1 aromatic rings. The first-order valence-electron chi connectivity index (χ1n) is 8.14. The minimum Gasteiger partial charge on any atom is -0.497 e. The molecule has 1 aliphatic carbocycles. The number of piperidine rings is 1. The number of ether oxygens (including phenoxy) is 1. The molecule has 130 valence electrons. The molecule has 0 saturated carbocycles. The van der Waals surface area contributed by atoms with Gasteiger partial charge in [0.05, 0.1) is 13.4 Å². The number of methoxy groups -OCH3 is 1. The van der Waals surface area contributed by atoms with Crippen LogP contribution in [-0.2, 0) is 16.5 Å². The van der Waals surface area contributed by atoms with E-state index in [2.05, 4.69) is 30.4 Å². The smallest absolute Gasteiger partial charge is 0.261 e. The minimum absolute atomic E-state index is 0.708. The van der Waals surface area contributed by atoms with Gasteiger partial charge in [-0.15, -0.1) is 0 Å². The molecule has 0 aromatic heterocycles. The molecule has 1 aliphatic heterocycles. The fourth-order valence-electron chi connectivity index (χ4n) is 3.67. The molecule has 0 amide bonds. The molecule has 1 saturated heterocycles. The average Bonchev–Trinajstić information content (AvgIpc) is 2.52. The van der Waals surface area contributed by atoms with Crippen molar-refractivity contribution in [3.63, 3.8) is 0 Å². The minimum atomic E-state index is -3.67. The van der Waals surface area contributed by atoms with Gasteiger partial charge in [0.1, 0.15) is 5.75 Å². The van der Waals surface area contributed by atoms with Gasteiger partial charge in [-0.25, -0.2) is 0 Å². The Kier molecular flexibility index (Phi) is 6.06. The number of hydrogen-bond donors (Lipinski definition) is 2. The average molecular weight is 341 g/mol. The van der Waals surface area contributed by atoms with Crippen LogP contribution >= 0.6 is 0 Å². The highest BCUT2D eigenvalue weighted by Crippen LogP contribution is 2.42. The van der Waals surface area contributed by atoms with Crippen molar-refractivity contribution >= 4 is 10.1 Å². The van der Waals surface area contributed by atoms with Crippen molar-refractivity contribution in [1.29, 1.82) is 0 Å². The van der Waals surface area contributed by atoms with Gasteiger partial charge in [0.15, 0.2) is 0 Å². The monoisotopic (exact) mass is 341 g/mol. The van der Waals surface area contributed by atoms with Gasteiger partial charge in [0.2, 0.25) is 0 Å². The molecule has 2 N–H and O–H groups in total. The highest BCUT2D eigenvalue weighted by atomic mass is 32.2. The summed E-state index contributed by atoms with van der Waals surface area (Å²) in [5, 5.41) is 3.70. The lowest BCUT2D eigenvalue weighted by Gasteiger charge is -2.41. The second kappa shape index (κ2) is 7.64. The summed E-state index contributed by atoms with van der Waals surface area (Å²) >= 11 is 0. The number of rotatable bonds is 2. The Balaban J connectivity index is 0.000000338. The summed E-state index contributed by atoms with van der Waals surface area (Å²) in [6.45, 7) is 3.49. The predicted octanol–water partition coefficient (Wildman–Crippen LogP) is 2.62. The van der Waals surface area contributed by atoms with Crippen LogP contribution in [0.5, 0.6) is 5.75 Å². The van der Waals surface area contributed by atoms with Gasteiger partial charge in [-0.05, 0) is 67.3 Å². The van der Waals surface area contributed by atoms with E-state index in [1.807, 2.05) is 0 Å². The topological polar surface area (TPSA) is 75.6 Å². The van der Waals surface area contributed by atoms with E-state index in [9.17, 15) is 8.42 Å². The van der Waals surface area contributed by atoms with E-state index < -0.39 is 10.1 Å². The third-order valence-electron chi connectivity index (χ3n) is 4.80. The molecule has 3 unspecified atom stereocenters. The molecule has 0 spiro atoms. The number of fused-ring (bicyclic) bond motifs is 3. The van der Waals surface area contributed by atoms with Gasteiger partial charge in [0.25, 0.3) is 10.1 Å². The first-order valence-corrected chi connectivity index (χ1v) is 9.99. The molecule has 2 aliphatic rings. The lowest BCUT2D eigenvalue weighted by atomic mass is 9.70. The van der Waals surface area contributed by atoms with Crippen LogP contribution in [0.25, 0.3) is 0 Å². The Morgan fingerprint density at radius 3 is 2.70 bits per heavy atom. The zero-order chi connectivity index (χ0) is 17.0. The third kappa shape index (κ3) is 5.19. The van der Waals surface area contributed by atoms with E-state index in [0.717, 1.165) is 17.6 Å². The summed E-state index contributed by atoms with van der Waals surface area (Å²) in [6.07, 6.45) is 5.81. The van der Waals surface area contributed by atoms with Crippen LogP contribution in [0, 0.1) is 5.92 Å². The largest absolute Gasteiger partial charge is 0.497 e. The summed E-state index contributed by atoms with van der Waals surface area (Å²) in [4.78, 5) is 0. The van der Waals surface area contributed by atoms with Crippen molar-refractivity contribution in [2.45, 2.75) is 44.6 Å².